The Labute approximate surface area is 115 Å². The number of carbonyl (C=O) groups is 1. The Balaban J connectivity index is 2.17. The molecule has 1 unspecified atom stereocenters. The fourth-order valence-electron chi connectivity index (χ4n) is 2.65. The zero-order chi connectivity index (χ0) is 14.0. The molecule has 1 heterocycles. The highest BCUT2D eigenvalue weighted by molar-refractivity contribution is 5.96. The number of rotatable bonds is 2. The van der Waals surface area contributed by atoms with Crippen LogP contribution < -0.4 is 10.6 Å². The lowest BCUT2D eigenvalue weighted by Crippen LogP contribution is -2.39. The van der Waals surface area contributed by atoms with Gasteiger partial charge >= 0.3 is 0 Å². The zero-order valence-corrected chi connectivity index (χ0v) is 12.0. The summed E-state index contributed by atoms with van der Waals surface area (Å²) in [5.74, 6) is 0.694. The monoisotopic (exact) mass is 261 g/mol. The van der Waals surface area contributed by atoms with E-state index in [2.05, 4.69) is 6.92 Å². The first-order chi connectivity index (χ1) is 8.99. The van der Waals surface area contributed by atoms with Gasteiger partial charge in [0.15, 0.2) is 0 Å². The van der Waals surface area contributed by atoms with Gasteiger partial charge in [-0.25, -0.2) is 0 Å². The lowest BCUT2D eigenvalue weighted by Gasteiger charge is -2.31. The summed E-state index contributed by atoms with van der Waals surface area (Å²) in [4.78, 5) is 16.3. The minimum absolute atomic E-state index is 0.101. The van der Waals surface area contributed by atoms with E-state index in [9.17, 15) is 4.79 Å². The number of anilines is 2. The third kappa shape index (κ3) is 3.00. The summed E-state index contributed by atoms with van der Waals surface area (Å²) in [7, 11) is 3.89. The van der Waals surface area contributed by atoms with E-state index in [1.807, 2.05) is 36.0 Å². The Morgan fingerprint density at radius 3 is 2.74 bits per heavy atom. The minimum atomic E-state index is 0.101. The van der Waals surface area contributed by atoms with Crippen molar-refractivity contribution < 1.29 is 4.79 Å². The molecule has 4 heteroatoms. The van der Waals surface area contributed by atoms with E-state index in [1.165, 1.54) is 6.42 Å². The summed E-state index contributed by atoms with van der Waals surface area (Å²) in [5.41, 5.74) is 8.30. The average molecular weight is 261 g/mol. The highest BCUT2D eigenvalue weighted by Gasteiger charge is 2.22. The number of amides is 1. The number of piperidine rings is 1. The van der Waals surface area contributed by atoms with Gasteiger partial charge in [0, 0.05) is 32.7 Å². The third-order valence-corrected chi connectivity index (χ3v) is 3.70. The highest BCUT2D eigenvalue weighted by atomic mass is 16.2. The van der Waals surface area contributed by atoms with Crippen molar-refractivity contribution in [2.45, 2.75) is 19.8 Å². The van der Waals surface area contributed by atoms with Crippen molar-refractivity contribution in [3.05, 3.63) is 23.8 Å². The maximum atomic E-state index is 12.4. The van der Waals surface area contributed by atoms with Gasteiger partial charge in [-0.3, -0.25) is 4.79 Å². The molecule has 0 spiro atoms. The average Bonchev–Trinajstić information content (AvgIpc) is 2.37. The van der Waals surface area contributed by atoms with Gasteiger partial charge in [-0.15, -0.1) is 0 Å². The molecule has 1 aromatic rings. The fourth-order valence-corrected chi connectivity index (χ4v) is 2.65. The predicted octanol–water partition coefficient (Wildman–Crippen LogP) is 2.21. The summed E-state index contributed by atoms with van der Waals surface area (Å²) in [6.07, 6.45) is 2.31. The number of hydrogen-bond donors (Lipinski definition) is 1. The molecular weight excluding hydrogens is 238 g/mol. The second-order valence-electron chi connectivity index (χ2n) is 5.67. The number of benzene rings is 1. The standard InChI is InChI=1S/C15H23N3O/c1-11-5-4-8-18(10-11)15(19)12-6-7-14(17(2)3)13(16)9-12/h6-7,9,11H,4-5,8,10,16H2,1-3H3. The lowest BCUT2D eigenvalue weighted by molar-refractivity contribution is 0.0683. The Morgan fingerprint density at radius 2 is 2.16 bits per heavy atom. The number of likely N-dealkylation sites (tertiary alicyclic amines) is 1. The maximum Gasteiger partial charge on any atom is 0.253 e. The predicted molar refractivity (Wildman–Crippen MR) is 79.5 cm³/mol. The molecule has 2 N–H and O–H groups in total. The van der Waals surface area contributed by atoms with Crippen molar-refractivity contribution in [3.8, 4) is 0 Å². The molecule has 0 radical (unpaired) electrons. The van der Waals surface area contributed by atoms with Gasteiger partial charge in [-0.05, 0) is 37.0 Å². The van der Waals surface area contributed by atoms with Crippen molar-refractivity contribution in [1.29, 1.82) is 0 Å². The van der Waals surface area contributed by atoms with Crippen LogP contribution in [0.15, 0.2) is 18.2 Å². The first-order valence-corrected chi connectivity index (χ1v) is 6.85. The normalized spacial score (nSPS) is 19.3. The molecule has 1 aliphatic heterocycles. The van der Waals surface area contributed by atoms with Crippen LogP contribution in [0.4, 0.5) is 11.4 Å². The second-order valence-corrected chi connectivity index (χ2v) is 5.67. The number of nitrogen functional groups attached to an aromatic ring is 1. The Kier molecular flexibility index (Phi) is 3.98. The van der Waals surface area contributed by atoms with Gasteiger partial charge in [0.05, 0.1) is 11.4 Å². The van der Waals surface area contributed by atoms with Crippen molar-refractivity contribution >= 4 is 17.3 Å². The van der Waals surface area contributed by atoms with E-state index in [4.69, 9.17) is 5.73 Å². The van der Waals surface area contributed by atoms with Gasteiger partial charge < -0.3 is 15.5 Å². The molecule has 2 rings (SSSR count). The zero-order valence-electron chi connectivity index (χ0n) is 12.0. The van der Waals surface area contributed by atoms with Crippen LogP contribution in [0.5, 0.6) is 0 Å². The molecule has 1 saturated heterocycles. The van der Waals surface area contributed by atoms with Crippen molar-refractivity contribution in [2.75, 3.05) is 37.8 Å². The van der Waals surface area contributed by atoms with Crippen molar-refractivity contribution in [2.24, 2.45) is 5.92 Å². The van der Waals surface area contributed by atoms with Crippen LogP contribution >= 0.6 is 0 Å². The molecule has 0 bridgehead atoms. The highest BCUT2D eigenvalue weighted by Crippen LogP contribution is 2.24. The molecular formula is C15H23N3O. The number of hydrogen-bond acceptors (Lipinski definition) is 3. The minimum Gasteiger partial charge on any atom is -0.397 e. The summed E-state index contributed by atoms with van der Waals surface area (Å²) < 4.78 is 0. The quantitative estimate of drug-likeness (QED) is 0.830. The van der Waals surface area contributed by atoms with Gasteiger partial charge in [-0.2, -0.15) is 0 Å². The van der Waals surface area contributed by atoms with E-state index in [-0.39, 0.29) is 5.91 Å². The molecule has 0 aromatic heterocycles. The first kappa shape index (κ1) is 13.7. The van der Waals surface area contributed by atoms with E-state index in [1.54, 1.807) is 6.07 Å². The molecule has 0 saturated carbocycles. The fraction of sp³-hybridized carbons (Fsp3) is 0.533. The Bertz CT molecular complexity index is 470. The molecule has 0 aliphatic carbocycles. The largest absolute Gasteiger partial charge is 0.397 e. The summed E-state index contributed by atoms with van der Waals surface area (Å²) in [6.45, 7) is 3.91. The number of nitrogens with two attached hydrogens (primary N) is 1. The summed E-state index contributed by atoms with van der Waals surface area (Å²) in [6, 6.07) is 5.57. The smallest absolute Gasteiger partial charge is 0.253 e. The Hall–Kier alpha value is -1.71. The second kappa shape index (κ2) is 5.51. The van der Waals surface area contributed by atoms with Gasteiger partial charge in [-0.1, -0.05) is 6.92 Å². The lowest BCUT2D eigenvalue weighted by atomic mass is 9.99. The van der Waals surface area contributed by atoms with E-state index < -0.39 is 0 Å². The molecule has 104 valence electrons. The number of nitrogens with zero attached hydrogens (tertiary/aromatic N) is 2. The van der Waals surface area contributed by atoms with Crippen molar-refractivity contribution in [3.63, 3.8) is 0 Å². The van der Waals surface area contributed by atoms with Crippen LogP contribution in [0.2, 0.25) is 0 Å². The van der Waals surface area contributed by atoms with Crippen LogP contribution in [-0.2, 0) is 0 Å². The van der Waals surface area contributed by atoms with Crippen LogP contribution in [0, 0.1) is 5.92 Å². The molecule has 1 aromatic carbocycles. The summed E-state index contributed by atoms with van der Waals surface area (Å²) in [5, 5.41) is 0. The molecule has 1 fully saturated rings. The van der Waals surface area contributed by atoms with Crippen LogP contribution in [0.3, 0.4) is 0 Å². The van der Waals surface area contributed by atoms with Crippen molar-refractivity contribution in [1.82, 2.24) is 4.90 Å². The molecule has 4 nitrogen and oxygen atoms in total. The van der Waals surface area contributed by atoms with Crippen LogP contribution in [0.1, 0.15) is 30.1 Å². The molecule has 19 heavy (non-hydrogen) atoms. The maximum absolute atomic E-state index is 12.4. The van der Waals surface area contributed by atoms with E-state index in [0.717, 1.165) is 25.2 Å². The Morgan fingerprint density at radius 1 is 1.42 bits per heavy atom. The van der Waals surface area contributed by atoms with Gasteiger partial charge in [0.2, 0.25) is 0 Å². The van der Waals surface area contributed by atoms with Crippen LogP contribution in [0.25, 0.3) is 0 Å². The third-order valence-electron chi connectivity index (χ3n) is 3.70. The topological polar surface area (TPSA) is 49.6 Å². The first-order valence-electron chi connectivity index (χ1n) is 6.85. The van der Waals surface area contributed by atoms with Crippen LogP contribution in [-0.4, -0.2) is 38.0 Å². The van der Waals surface area contributed by atoms with E-state index in [0.29, 0.717) is 17.2 Å². The van der Waals surface area contributed by atoms with E-state index >= 15 is 0 Å². The van der Waals surface area contributed by atoms with Gasteiger partial charge in [0.25, 0.3) is 5.91 Å². The van der Waals surface area contributed by atoms with Gasteiger partial charge in [0.1, 0.15) is 0 Å². The summed E-state index contributed by atoms with van der Waals surface area (Å²) >= 11 is 0. The molecule has 1 atom stereocenters. The number of carbonyl (C=O) groups excluding carboxylic acids is 1. The molecule has 1 amide bonds. The molecule has 1 aliphatic rings. The SMILES string of the molecule is CC1CCCN(C(=O)c2ccc(N(C)C)c(N)c2)C1.